The van der Waals surface area contributed by atoms with E-state index in [2.05, 4.69) is 10.2 Å². The maximum Gasteiger partial charge on any atom is 0.270 e. The van der Waals surface area contributed by atoms with E-state index >= 15 is 0 Å². The van der Waals surface area contributed by atoms with Crippen LogP contribution in [0.2, 0.25) is 0 Å². The van der Waals surface area contributed by atoms with Gasteiger partial charge >= 0.3 is 0 Å². The topological polar surface area (TPSA) is 102 Å². The van der Waals surface area contributed by atoms with E-state index in [0.29, 0.717) is 5.56 Å². The number of non-ortho nitro benzene ring substituents is 1. The number of phenols is 1. The average molecular weight is 372 g/mol. The third-order valence-corrected chi connectivity index (χ3v) is 4.01. The van der Waals surface area contributed by atoms with Crippen molar-refractivity contribution in [2.45, 2.75) is 13.8 Å². The van der Waals surface area contributed by atoms with Crippen LogP contribution in [0.25, 0.3) is 22.6 Å². The lowest BCUT2D eigenvalue weighted by Crippen LogP contribution is -1.88. The fourth-order valence-corrected chi connectivity index (χ4v) is 2.67. The summed E-state index contributed by atoms with van der Waals surface area (Å²) in [5.41, 5.74) is 2.59. The lowest BCUT2D eigenvalue weighted by molar-refractivity contribution is -0.384. The lowest BCUT2D eigenvalue weighted by atomic mass is 10.1. The second-order valence-electron chi connectivity index (χ2n) is 5.72. The zero-order chi connectivity index (χ0) is 18.8. The number of rotatable bonds is 4. The number of nitro benzene ring substituents is 1. The fraction of sp³-hybridized carbons (Fsp3) is 0.111. The molecule has 0 saturated heterocycles. The van der Waals surface area contributed by atoms with Gasteiger partial charge in [-0.1, -0.05) is 17.7 Å². The van der Waals surface area contributed by atoms with Gasteiger partial charge in [0.2, 0.25) is 5.89 Å². The van der Waals surface area contributed by atoms with Crippen LogP contribution in [0.4, 0.5) is 5.69 Å². The number of aryl methyl sites for hydroxylation is 2. The van der Waals surface area contributed by atoms with Gasteiger partial charge in [-0.05, 0) is 54.8 Å². The Kier molecular flexibility index (Phi) is 4.73. The molecule has 0 radical (unpaired) electrons. The van der Waals surface area contributed by atoms with Gasteiger partial charge in [0.05, 0.1) is 4.92 Å². The number of phenolic OH excluding ortho intramolecular Hbond substituents is 1. The van der Waals surface area contributed by atoms with Crippen molar-refractivity contribution in [2.24, 2.45) is 0 Å². The summed E-state index contributed by atoms with van der Waals surface area (Å²) >= 11 is 6.26. The SMILES string of the molecule is Cc1cc(/C=C(\Cl)c2nnc(-c3cccc([N+](=O)[O-])c3)o2)cc(C)c1O. The minimum Gasteiger partial charge on any atom is -0.507 e. The first kappa shape index (κ1) is 17.6. The Hall–Kier alpha value is -3.19. The van der Waals surface area contributed by atoms with Crippen molar-refractivity contribution in [3.05, 3.63) is 69.1 Å². The van der Waals surface area contributed by atoms with E-state index in [1.165, 1.54) is 18.2 Å². The van der Waals surface area contributed by atoms with Crippen LogP contribution in [0.1, 0.15) is 22.6 Å². The van der Waals surface area contributed by atoms with Gasteiger partial charge in [-0.3, -0.25) is 10.1 Å². The summed E-state index contributed by atoms with van der Waals surface area (Å²) in [6.45, 7) is 3.58. The van der Waals surface area contributed by atoms with Crippen LogP contribution < -0.4 is 0 Å². The molecule has 1 N–H and O–H groups in total. The summed E-state index contributed by atoms with van der Waals surface area (Å²) in [6.07, 6.45) is 1.64. The number of aromatic hydroxyl groups is 1. The minimum atomic E-state index is -0.497. The Balaban J connectivity index is 1.92. The second kappa shape index (κ2) is 6.97. The molecule has 0 bridgehead atoms. The second-order valence-corrected chi connectivity index (χ2v) is 6.12. The Labute approximate surface area is 153 Å². The number of aromatic nitrogens is 2. The van der Waals surface area contributed by atoms with Crippen LogP contribution >= 0.6 is 11.6 Å². The Bertz CT molecular complexity index is 1000. The maximum atomic E-state index is 10.9. The zero-order valence-corrected chi connectivity index (χ0v) is 14.7. The van der Waals surface area contributed by atoms with Crippen LogP contribution in [0.15, 0.2) is 40.8 Å². The van der Waals surface area contributed by atoms with Crippen LogP contribution in [-0.2, 0) is 0 Å². The molecule has 0 aliphatic heterocycles. The number of halogens is 1. The third-order valence-electron chi connectivity index (χ3n) is 3.74. The molecule has 1 heterocycles. The number of nitro groups is 1. The molecule has 3 aromatic rings. The van der Waals surface area contributed by atoms with Gasteiger partial charge < -0.3 is 9.52 Å². The van der Waals surface area contributed by atoms with Crippen LogP contribution in [0.5, 0.6) is 5.75 Å². The molecular formula is C18H14ClN3O4. The highest BCUT2D eigenvalue weighted by Crippen LogP contribution is 2.29. The first-order valence-corrected chi connectivity index (χ1v) is 7.99. The predicted octanol–water partition coefficient (Wildman–Crippen LogP) is 4.70. The molecule has 0 unspecified atom stereocenters. The highest BCUT2D eigenvalue weighted by molar-refractivity contribution is 6.50. The van der Waals surface area contributed by atoms with Gasteiger partial charge in [-0.2, -0.15) is 0 Å². The van der Waals surface area contributed by atoms with E-state index in [-0.39, 0.29) is 28.3 Å². The average Bonchev–Trinajstić information content (AvgIpc) is 3.10. The van der Waals surface area contributed by atoms with Crippen molar-refractivity contribution in [2.75, 3.05) is 0 Å². The maximum absolute atomic E-state index is 10.9. The van der Waals surface area contributed by atoms with E-state index in [1.54, 1.807) is 38.1 Å². The summed E-state index contributed by atoms with van der Waals surface area (Å²) in [4.78, 5) is 10.4. The van der Waals surface area contributed by atoms with Gasteiger partial charge in [-0.15, -0.1) is 10.2 Å². The van der Waals surface area contributed by atoms with Gasteiger partial charge in [0, 0.05) is 17.7 Å². The molecule has 1 aromatic heterocycles. The quantitative estimate of drug-likeness (QED) is 0.526. The number of hydrogen-bond acceptors (Lipinski definition) is 6. The van der Waals surface area contributed by atoms with E-state index in [0.717, 1.165) is 16.7 Å². The van der Waals surface area contributed by atoms with Crippen LogP contribution in [0.3, 0.4) is 0 Å². The first-order chi connectivity index (χ1) is 12.3. The van der Waals surface area contributed by atoms with E-state index in [1.807, 2.05) is 0 Å². The van der Waals surface area contributed by atoms with Crippen molar-refractivity contribution in [1.29, 1.82) is 0 Å². The molecule has 0 spiro atoms. The molecule has 0 aliphatic carbocycles. The summed E-state index contributed by atoms with van der Waals surface area (Å²) in [6, 6.07) is 9.46. The summed E-state index contributed by atoms with van der Waals surface area (Å²) < 4.78 is 5.53. The summed E-state index contributed by atoms with van der Waals surface area (Å²) in [5, 5.41) is 28.7. The summed E-state index contributed by atoms with van der Waals surface area (Å²) in [7, 11) is 0. The number of nitrogens with zero attached hydrogens (tertiary/aromatic N) is 3. The largest absolute Gasteiger partial charge is 0.507 e. The van der Waals surface area contributed by atoms with Crippen molar-refractivity contribution < 1.29 is 14.4 Å². The molecule has 0 amide bonds. The Morgan fingerprint density at radius 3 is 2.58 bits per heavy atom. The smallest absolute Gasteiger partial charge is 0.270 e. The fourth-order valence-electron chi connectivity index (χ4n) is 2.47. The molecule has 0 saturated carbocycles. The van der Waals surface area contributed by atoms with Gasteiger partial charge in [-0.25, -0.2) is 0 Å². The highest BCUT2D eigenvalue weighted by Gasteiger charge is 2.14. The van der Waals surface area contributed by atoms with Crippen molar-refractivity contribution in [1.82, 2.24) is 10.2 Å². The molecular weight excluding hydrogens is 358 g/mol. The van der Waals surface area contributed by atoms with Gasteiger partial charge in [0.1, 0.15) is 10.8 Å². The van der Waals surface area contributed by atoms with Crippen molar-refractivity contribution in [3.63, 3.8) is 0 Å². The van der Waals surface area contributed by atoms with Crippen LogP contribution in [0, 0.1) is 24.0 Å². The van der Waals surface area contributed by atoms with E-state index in [4.69, 9.17) is 16.0 Å². The molecule has 8 heteroatoms. The predicted molar refractivity (Wildman–Crippen MR) is 97.7 cm³/mol. The normalized spacial score (nSPS) is 11.6. The molecule has 132 valence electrons. The summed E-state index contributed by atoms with van der Waals surface area (Å²) in [5.74, 6) is 0.467. The third kappa shape index (κ3) is 3.57. The minimum absolute atomic E-state index is 0.0704. The molecule has 0 fully saturated rings. The number of hydrogen-bond donors (Lipinski definition) is 1. The van der Waals surface area contributed by atoms with Crippen molar-refractivity contribution >= 4 is 28.4 Å². The number of benzene rings is 2. The molecule has 7 nitrogen and oxygen atoms in total. The van der Waals surface area contributed by atoms with Crippen molar-refractivity contribution in [3.8, 4) is 17.2 Å². The monoisotopic (exact) mass is 371 g/mol. The van der Waals surface area contributed by atoms with Gasteiger partial charge in [0.25, 0.3) is 11.6 Å². The van der Waals surface area contributed by atoms with Crippen LogP contribution in [-0.4, -0.2) is 20.2 Å². The van der Waals surface area contributed by atoms with Gasteiger partial charge in [0.15, 0.2) is 0 Å². The lowest BCUT2D eigenvalue weighted by Gasteiger charge is -2.05. The standard InChI is InChI=1S/C18H14ClN3O4/c1-10-6-12(7-11(2)16(10)23)8-15(19)18-21-20-17(26-18)13-4-3-5-14(9-13)22(24)25/h3-9,23H,1-2H3/b15-8-. The molecule has 0 atom stereocenters. The van der Waals surface area contributed by atoms with E-state index in [9.17, 15) is 15.2 Å². The van der Waals surface area contributed by atoms with E-state index < -0.39 is 4.92 Å². The highest BCUT2D eigenvalue weighted by atomic mass is 35.5. The first-order valence-electron chi connectivity index (χ1n) is 7.61. The molecule has 3 rings (SSSR count). The zero-order valence-electron chi connectivity index (χ0n) is 13.9. The Morgan fingerprint density at radius 1 is 1.23 bits per heavy atom. The Morgan fingerprint density at radius 2 is 1.92 bits per heavy atom. The molecule has 0 aliphatic rings. The molecule has 26 heavy (non-hydrogen) atoms. The molecule has 2 aromatic carbocycles.